The molecule has 1 fully saturated rings. The molecule has 0 aromatic heterocycles. The quantitative estimate of drug-likeness (QED) is 0.770. The molecule has 1 nitrogen and oxygen atoms in total. The lowest BCUT2D eigenvalue weighted by molar-refractivity contribution is 0.138. The number of hydrogen-bond donors (Lipinski definition) is 1. The third-order valence-electron chi connectivity index (χ3n) is 4.72. The SMILES string of the molecule is CCC1CCCCC1C(C)(N)c1ccc(Br)cc1Cl. The maximum absolute atomic E-state index is 6.73. The molecule has 0 spiro atoms. The maximum Gasteiger partial charge on any atom is 0.0467 e. The lowest BCUT2D eigenvalue weighted by Crippen LogP contribution is -2.46. The van der Waals surface area contributed by atoms with Crippen LogP contribution in [0.5, 0.6) is 0 Å². The Hall–Kier alpha value is -0.0500. The second-order valence-corrected chi connectivity index (χ2v) is 7.29. The number of rotatable bonds is 3. The average Bonchev–Trinajstić information content (AvgIpc) is 2.38. The van der Waals surface area contributed by atoms with Crippen LogP contribution in [-0.2, 0) is 5.54 Å². The minimum atomic E-state index is -0.334. The zero-order valence-corrected chi connectivity index (χ0v) is 14.1. The molecule has 0 bridgehead atoms. The lowest BCUT2D eigenvalue weighted by atomic mass is 9.66. The van der Waals surface area contributed by atoms with Crippen molar-refractivity contribution in [3.05, 3.63) is 33.3 Å². The summed E-state index contributed by atoms with van der Waals surface area (Å²) in [5, 5.41) is 0.778. The highest BCUT2D eigenvalue weighted by Gasteiger charge is 2.39. The highest BCUT2D eigenvalue weighted by Crippen LogP contribution is 2.44. The first kappa shape index (κ1) is 15.3. The van der Waals surface area contributed by atoms with Gasteiger partial charge in [-0.2, -0.15) is 0 Å². The molecule has 19 heavy (non-hydrogen) atoms. The van der Waals surface area contributed by atoms with Crippen molar-refractivity contribution in [2.24, 2.45) is 17.6 Å². The topological polar surface area (TPSA) is 26.0 Å². The molecule has 0 aliphatic heterocycles. The van der Waals surface area contributed by atoms with Gasteiger partial charge >= 0.3 is 0 Å². The van der Waals surface area contributed by atoms with Crippen LogP contribution in [0.2, 0.25) is 5.02 Å². The molecule has 0 saturated heterocycles. The first-order valence-electron chi connectivity index (χ1n) is 7.21. The van der Waals surface area contributed by atoms with Gasteiger partial charge < -0.3 is 5.73 Å². The van der Waals surface area contributed by atoms with Crippen LogP contribution >= 0.6 is 27.5 Å². The molecule has 0 amide bonds. The van der Waals surface area contributed by atoms with Gasteiger partial charge in [0.15, 0.2) is 0 Å². The van der Waals surface area contributed by atoms with Gasteiger partial charge in [0, 0.05) is 15.0 Å². The Morgan fingerprint density at radius 2 is 2.05 bits per heavy atom. The van der Waals surface area contributed by atoms with Crippen LogP contribution in [0.25, 0.3) is 0 Å². The standard InChI is InChI=1S/C16H23BrClN/c1-3-11-6-4-5-7-13(11)16(2,19)14-9-8-12(17)10-15(14)18/h8-11,13H,3-7,19H2,1-2H3. The Kier molecular flexibility index (Phi) is 4.97. The first-order valence-corrected chi connectivity index (χ1v) is 8.38. The van der Waals surface area contributed by atoms with Crippen molar-refractivity contribution in [1.29, 1.82) is 0 Å². The summed E-state index contributed by atoms with van der Waals surface area (Å²) in [6, 6.07) is 6.07. The molecule has 3 heteroatoms. The van der Waals surface area contributed by atoms with E-state index in [9.17, 15) is 0 Å². The molecule has 3 atom stereocenters. The highest BCUT2D eigenvalue weighted by atomic mass is 79.9. The smallest absolute Gasteiger partial charge is 0.0467 e. The molecular formula is C16H23BrClN. The molecule has 1 aliphatic rings. The van der Waals surface area contributed by atoms with E-state index in [4.69, 9.17) is 17.3 Å². The van der Waals surface area contributed by atoms with Crippen LogP contribution in [0.3, 0.4) is 0 Å². The van der Waals surface area contributed by atoms with E-state index in [1.165, 1.54) is 32.1 Å². The van der Waals surface area contributed by atoms with Crippen LogP contribution in [0.1, 0.15) is 51.5 Å². The van der Waals surface area contributed by atoms with E-state index >= 15 is 0 Å². The van der Waals surface area contributed by atoms with Crippen molar-refractivity contribution < 1.29 is 0 Å². The van der Waals surface area contributed by atoms with E-state index in [1.54, 1.807) is 0 Å². The molecule has 1 aliphatic carbocycles. The summed E-state index contributed by atoms with van der Waals surface area (Å²) < 4.78 is 1.01. The Bertz CT molecular complexity index is 444. The summed E-state index contributed by atoms with van der Waals surface area (Å²) in [6.45, 7) is 4.43. The molecule has 0 radical (unpaired) electrons. The van der Waals surface area contributed by atoms with E-state index in [-0.39, 0.29) is 5.54 Å². The Morgan fingerprint density at radius 3 is 2.68 bits per heavy atom. The average molecular weight is 345 g/mol. The van der Waals surface area contributed by atoms with Crippen molar-refractivity contribution >= 4 is 27.5 Å². The summed E-state index contributed by atoms with van der Waals surface area (Å²) in [7, 11) is 0. The molecule has 0 heterocycles. The molecule has 106 valence electrons. The van der Waals surface area contributed by atoms with E-state index < -0.39 is 0 Å². The van der Waals surface area contributed by atoms with E-state index in [0.717, 1.165) is 21.0 Å². The van der Waals surface area contributed by atoms with Crippen molar-refractivity contribution in [2.45, 2.75) is 51.5 Å². The van der Waals surface area contributed by atoms with Gasteiger partial charge in [0.2, 0.25) is 0 Å². The van der Waals surface area contributed by atoms with Crippen molar-refractivity contribution in [3.8, 4) is 0 Å². The zero-order chi connectivity index (χ0) is 14.0. The van der Waals surface area contributed by atoms with Gasteiger partial charge in [0.05, 0.1) is 0 Å². The summed E-state index contributed by atoms with van der Waals surface area (Å²) in [5.74, 6) is 1.26. The van der Waals surface area contributed by atoms with Gasteiger partial charge in [-0.3, -0.25) is 0 Å². The van der Waals surface area contributed by atoms with Gasteiger partial charge in [-0.1, -0.05) is 66.2 Å². The van der Waals surface area contributed by atoms with Crippen LogP contribution in [0.15, 0.2) is 22.7 Å². The largest absolute Gasteiger partial charge is 0.321 e. The van der Waals surface area contributed by atoms with Crippen LogP contribution < -0.4 is 5.73 Å². The summed E-state index contributed by atoms with van der Waals surface area (Å²) in [5.41, 5.74) is 7.48. The molecule has 3 unspecified atom stereocenters. The highest BCUT2D eigenvalue weighted by molar-refractivity contribution is 9.10. The predicted octanol–water partition coefficient (Wildman–Crippen LogP) is 5.49. The second-order valence-electron chi connectivity index (χ2n) is 5.97. The fourth-order valence-electron chi connectivity index (χ4n) is 3.61. The third-order valence-corrected chi connectivity index (χ3v) is 5.52. The van der Waals surface area contributed by atoms with Crippen molar-refractivity contribution in [1.82, 2.24) is 0 Å². The maximum atomic E-state index is 6.73. The van der Waals surface area contributed by atoms with E-state index in [1.807, 2.05) is 12.1 Å². The number of halogens is 2. The summed E-state index contributed by atoms with van der Waals surface area (Å²) in [6.07, 6.45) is 6.38. The second kappa shape index (κ2) is 6.15. The van der Waals surface area contributed by atoms with Crippen LogP contribution in [0, 0.1) is 11.8 Å². The minimum Gasteiger partial charge on any atom is -0.321 e. The molecular weight excluding hydrogens is 322 g/mol. The van der Waals surface area contributed by atoms with Gasteiger partial charge in [-0.15, -0.1) is 0 Å². The lowest BCUT2D eigenvalue weighted by Gasteiger charge is -2.43. The van der Waals surface area contributed by atoms with Gasteiger partial charge in [0.25, 0.3) is 0 Å². The van der Waals surface area contributed by atoms with E-state index in [2.05, 4.69) is 35.8 Å². The van der Waals surface area contributed by atoms with Crippen LogP contribution in [0.4, 0.5) is 0 Å². The van der Waals surface area contributed by atoms with Gasteiger partial charge in [0.1, 0.15) is 0 Å². The van der Waals surface area contributed by atoms with E-state index in [0.29, 0.717) is 5.92 Å². The molecule has 1 aromatic carbocycles. The van der Waals surface area contributed by atoms with Crippen molar-refractivity contribution in [2.75, 3.05) is 0 Å². The molecule has 1 aromatic rings. The first-order chi connectivity index (χ1) is 8.96. The number of hydrogen-bond acceptors (Lipinski definition) is 1. The fourth-order valence-corrected chi connectivity index (χ4v) is 4.49. The molecule has 2 rings (SSSR count). The predicted molar refractivity (Wildman–Crippen MR) is 86.4 cm³/mol. The Labute approximate surface area is 130 Å². The third kappa shape index (κ3) is 3.17. The summed E-state index contributed by atoms with van der Waals surface area (Å²) >= 11 is 9.87. The molecule has 1 saturated carbocycles. The van der Waals surface area contributed by atoms with Gasteiger partial charge in [-0.05, 0) is 42.9 Å². The number of nitrogens with two attached hydrogens (primary N) is 1. The van der Waals surface area contributed by atoms with Crippen molar-refractivity contribution in [3.63, 3.8) is 0 Å². The number of benzene rings is 1. The Morgan fingerprint density at radius 1 is 1.37 bits per heavy atom. The van der Waals surface area contributed by atoms with Crippen LogP contribution in [-0.4, -0.2) is 0 Å². The Balaban J connectivity index is 2.34. The summed E-state index contributed by atoms with van der Waals surface area (Å²) in [4.78, 5) is 0. The zero-order valence-electron chi connectivity index (χ0n) is 11.8. The monoisotopic (exact) mass is 343 g/mol. The fraction of sp³-hybridized carbons (Fsp3) is 0.625. The minimum absolute atomic E-state index is 0.334. The van der Waals surface area contributed by atoms with Gasteiger partial charge in [-0.25, -0.2) is 0 Å². The molecule has 2 N–H and O–H groups in total. The normalized spacial score (nSPS) is 27.0.